The Kier molecular flexibility index (Phi) is 3.82. The van der Waals surface area contributed by atoms with E-state index >= 15 is 0 Å². The Balaban J connectivity index is 2.01. The second kappa shape index (κ2) is 5.72. The standard InChI is InChI=1S/C13H11N3O3/c17-12(11-6-14-8-15-7-11)16-5-9-2-1-3-10(4-9)13(18)19/h1-4,6-8H,5H2,(H,16,17)(H,18,19). The minimum absolute atomic E-state index is 0.190. The first-order valence-corrected chi connectivity index (χ1v) is 5.52. The summed E-state index contributed by atoms with van der Waals surface area (Å²) in [6.07, 6.45) is 4.17. The molecule has 96 valence electrons. The predicted molar refractivity (Wildman–Crippen MR) is 66.6 cm³/mol. The summed E-state index contributed by atoms with van der Waals surface area (Å²) < 4.78 is 0. The first-order valence-electron chi connectivity index (χ1n) is 5.52. The van der Waals surface area contributed by atoms with E-state index < -0.39 is 5.97 Å². The van der Waals surface area contributed by atoms with Crippen molar-refractivity contribution < 1.29 is 14.7 Å². The van der Waals surface area contributed by atoms with Crippen LogP contribution in [-0.2, 0) is 6.54 Å². The van der Waals surface area contributed by atoms with Crippen LogP contribution in [0.2, 0.25) is 0 Å². The molecule has 1 heterocycles. The SMILES string of the molecule is O=C(O)c1cccc(CNC(=O)c2cncnc2)c1. The summed E-state index contributed by atoms with van der Waals surface area (Å²) in [5.74, 6) is -1.30. The molecular formula is C13H11N3O3. The van der Waals surface area contributed by atoms with Gasteiger partial charge in [-0.3, -0.25) is 4.79 Å². The Hall–Kier alpha value is -2.76. The van der Waals surface area contributed by atoms with Gasteiger partial charge in [-0.15, -0.1) is 0 Å². The monoisotopic (exact) mass is 257 g/mol. The molecule has 2 rings (SSSR count). The number of aromatic carboxylic acids is 1. The number of carbonyl (C=O) groups excluding carboxylic acids is 1. The maximum Gasteiger partial charge on any atom is 0.335 e. The first kappa shape index (κ1) is 12.7. The van der Waals surface area contributed by atoms with Gasteiger partial charge < -0.3 is 10.4 Å². The number of carbonyl (C=O) groups is 2. The average molecular weight is 257 g/mol. The number of rotatable bonds is 4. The molecule has 0 spiro atoms. The summed E-state index contributed by atoms with van der Waals surface area (Å²) >= 11 is 0. The van der Waals surface area contributed by atoms with Crippen LogP contribution in [0.15, 0.2) is 43.0 Å². The van der Waals surface area contributed by atoms with E-state index in [1.807, 2.05) is 0 Å². The van der Waals surface area contributed by atoms with Gasteiger partial charge in [0.15, 0.2) is 0 Å². The molecule has 2 N–H and O–H groups in total. The molecule has 0 aliphatic heterocycles. The summed E-state index contributed by atoms with van der Waals surface area (Å²) in [4.78, 5) is 30.0. The van der Waals surface area contributed by atoms with Gasteiger partial charge in [0.1, 0.15) is 6.33 Å². The van der Waals surface area contributed by atoms with Crippen LogP contribution in [0.25, 0.3) is 0 Å². The van der Waals surface area contributed by atoms with E-state index in [0.717, 1.165) is 0 Å². The maximum absolute atomic E-state index is 11.7. The molecule has 2 aromatic rings. The molecule has 0 saturated carbocycles. The summed E-state index contributed by atoms with van der Waals surface area (Å²) in [5.41, 5.74) is 1.26. The molecule has 0 aliphatic rings. The van der Waals surface area contributed by atoms with Crippen LogP contribution in [0.4, 0.5) is 0 Å². The Labute approximate surface area is 109 Å². The fourth-order valence-corrected chi connectivity index (χ4v) is 1.52. The van der Waals surface area contributed by atoms with Crippen molar-refractivity contribution in [2.24, 2.45) is 0 Å². The third-order valence-corrected chi connectivity index (χ3v) is 2.45. The normalized spacial score (nSPS) is 9.89. The molecule has 1 aromatic carbocycles. The molecule has 0 unspecified atom stereocenters. The third kappa shape index (κ3) is 3.35. The van der Waals surface area contributed by atoms with Gasteiger partial charge in [-0.05, 0) is 17.7 Å². The molecule has 1 aromatic heterocycles. The highest BCUT2D eigenvalue weighted by molar-refractivity contribution is 5.93. The molecule has 0 bridgehead atoms. The van der Waals surface area contributed by atoms with Gasteiger partial charge in [0.2, 0.25) is 0 Å². The molecule has 0 fully saturated rings. The van der Waals surface area contributed by atoms with Crippen LogP contribution in [0.3, 0.4) is 0 Å². The quantitative estimate of drug-likeness (QED) is 0.855. The van der Waals surface area contributed by atoms with Crippen molar-refractivity contribution in [1.82, 2.24) is 15.3 Å². The van der Waals surface area contributed by atoms with Crippen molar-refractivity contribution in [3.8, 4) is 0 Å². The number of amides is 1. The van der Waals surface area contributed by atoms with E-state index in [9.17, 15) is 9.59 Å². The van der Waals surface area contributed by atoms with E-state index in [0.29, 0.717) is 11.1 Å². The Bertz CT molecular complexity index is 599. The third-order valence-electron chi connectivity index (χ3n) is 2.45. The van der Waals surface area contributed by atoms with Crippen LogP contribution >= 0.6 is 0 Å². The zero-order valence-electron chi connectivity index (χ0n) is 9.91. The largest absolute Gasteiger partial charge is 0.478 e. The van der Waals surface area contributed by atoms with Gasteiger partial charge in [0.05, 0.1) is 11.1 Å². The second-order valence-corrected chi connectivity index (χ2v) is 3.82. The zero-order valence-corrected chi connectivity index (χ0v) is 9.91. The number of carboxylic acid groups (broad SMARTS) is 1. The van der Waals surface area contributed by atoms with E-state index in [4.69, 9.17) is 5.11 Å². The molecular weight excluding hydrogens is 246 g/mol. The molecule has 6 heteroatoms. The lowest BCUT2D eigenvalue weighted by Crippen LogP contribution is -2.23. The van der Waals surface area contributed by atoms with E-state index in [1.54, 1.807) is 12.1 Å². The molecule has 0 aliphatic carbocycles. The molecule has 1 amide bonds. The summed E-state index contributed by atoms with van der Waals surface area (Å²) in [6.45, 7) is 0.245. The van der Waals surface area contributed by atoms with Gasteiger partial charge >= 0.3 is 5.97 Å². The molecule has 0 saturated heterocycles. The van der Waals surface area contributed by atoms with E-state index in [1.165, 1.54) is 30.9 Å². The van der Waals surface area contributed by atoms with Crippen molar-refractivity contribution in [3.63, 3.8) is 0 Å². The van der Waals surface area contributed by atoms with Crippen molar-refractivity contribution in [2.75, 3.05) is 0 Å². The predicted octanol–water partition coefficient (Wildman–Crippen LogP) is 1.10. The lowest BCUT2D eigenvalue weighted by atomic mass is 10.1. The maximum atomic E-state index is 11.7. The van der Waals surface area contributed by atoms with Crippen LogP contribution < -0.4 is 5.32 Å². The fraction of sp³-hybridized carbons (Fsp3) is 0.0769. The van der Waals surface area contributed by atoms with Crippen LogP contribution in [0, 0.1) is 0 Å². The van der Waals surface area contributed by atoms with Gasteiger partial charge in [-0.2, -0.15) is 0 Å². The Morgan fingerprint density at radius 3 is 2.58 bits per heavy atom. The highest BCUT2D eigenvalue weighted by atomic mass is 16.4. The van der Waals surface area contributed by atoms with Crippen LogP contribution in [-0.4, -0.2) is 27.0 Å². The number of nitrogens with zero attached hydrogens (tertiary/aromatic N) is 2. The van der Waals surface area contributed by atoms with Gasteiger partial charge in [-0.1, -0.05) is 12.1 Å². The zero-order chi connectivity index (χ0) is 13.7. The smallest absolute Gasteiger partial charge is 0.335 e. The van der Waals surface area contributed by atoms with Gasteiger partial charge in [0, 0.05) is 18.9 Å². The summed E-state index contributed by atoms with van der Waals surface area (Å²) in [5, 5.41) is 11.5. The van der Waals surface area contributed by atoms with Gasteiger partial charge in [0.25, 0.3) is 5.91 Å². The number of carboxylic acids is 1. The van der Waals surface area contributed by atoms with E-state index in [-0.39, 0.29) is 18.0 Å². The molecule has 0 radical (unpaired) electrons. The first-order chi connectivity index (χ1) is 9.16. The van der Waals surface area contributed by atoms with Crippen molar-refractivity contribution in [3.05, 3.63) is 59.7 Å². The number of aromatic nitrogens is 2. The summed E-state index contributed by atoms with van der Waals surface area (Å²) in [7, 11) is 0. The highest BCUT2D eigenvalue weighted by Gasteiger charge is 2.07. The number of nitrogens with one attached hydrogen (secondary N) is 1. The minimum Gasteiger partial charge on any atom is -0.478 e. The topological polar surface area (TPSA) is 92.2 Å². The lowest BCUT2D eigenvalue weighted by Gasteiger charge is -2.05. The summed E-state index contributed by atoms with van der Waals surface area (Å²) in [6, 6.07) is 6.40. The molecule has 19 heavy (non-hydrogen) atoms. The number of hydrogen-bond donors (Lipinski definition) is 2. The van der Waals surface area contributed by atoms with Crippen molar-refractivity contribution >= 4 is 11.9 Å². The van der Waals surface area contributed by atoms with E-state index in [2.05, 4.69) is 15.3 Å². The Morgan fingerprint density at radius 1 is 1.16 bits per heavy atom. The average Bonchev–Trinajstić information content (AvgIpc) is 2.46. The van der Waals surface area contributed by atoms with Crippen molar-refractivity contribution in [1.29, 1.82) is 0 Å². The second-order valence-electron chi connectivity index (χ2n) is 3.82. The Morgan fingerprint density at radius 2 is 1.89 bits per heavy atom. The van der Waals surface area contributed by atoms with Crippen molar-refractivity contribution in [2.45, 2.75) is 6.54 Å². The van der Waals surface area contributed by atoms with Crippen LogP contribution in [0.1, 0.15) is 26.3 Å². The molecule has 0 atom stereocenters. The molecule has 6 nitrogen and oxygen atoms in total. The minimum atomic E-state index is -0.996. The number of hydrogen-bond acceptors (Lipinski definition) is 4. The highest BCUT2D eigenvalue weighted by Crippen LogP contribution is 2.05. The number of benzene rings is 1. The fourth-order valence-electron chi connectivity index (χ4n) is 1.52. The van der Waals surface area contributed by atoms with Gasteiger partial charge in [-0.25, -0.2) is 14.8 Å². The van der Waals surface area contributed by atoms with Crippen LogP contribution in [0.5, 0.6) is 0 Å². The lowest BCUT2D eigenvalue weighted by molar-refractivity contribution is 0.0696.